The van der Waals surface area contributed by atoms with Crippen molar-refractivity contribution in [3.8, 4) is 5.88 Å². The van der Waals surface area contributed by atoms with Crippen molar-refractivity contribution < 1.29 is 14.4 Å². The minimum absolute atomic E-state index is 0.00867. The lowest BCUT2D eigenvalue weighted by Crippen LogP contribution is -2.25. The smallest absolute Gasteiger partial charge is 0.254 e. The highest BCUT2D eigenvalue weighted by atomic mass is 32.2. The standard InChI is InChI=1S/C22H41NO3S/c1-3-5-6-7-8-9-10-11-12-13-14-15-21(4-2)27-19-20(18-24)26-22-16-17-25-23-22/h16-17,20-21,24H,3-15,18-19H2,1-2H3. The fourth-order valence-electron chi connectivity index (χ4n) is 3.24. The summed E-state index contributed by atoms with van der Waals surface area (Å²) in [5.41, 5.74) is 0. The van der Waals surface area contributed by atoms with Crippen molar-refractivity contribution >= 4 is 11.8 Å². The summed E-state index contributed by atoms with van der Waals surface area (Å²) in [7, 11) is 0. The highest BCUT2D eigenvalue weighted by Crippen LogP contribution is 2.23. The minimum atomic E-state index is -0.216. The van der Waals surface area contributed by atoms with Gasteiger partial charge in [0.15, 0.2) is 0 Å². The van der Waals surface area contributed by atoms with E-state index in [9.17, 15) is 5.11 Å². The largest absolute Gasteiger partial charge is 0.469 e. The molecule has 158 valence electrons. The Morgan fingerprint density at radius 2 is 1.63 bits per heavy atom. The summed E-state index contributed by atoms with van der Waals surface area (Å²) < 4.78 is 10.4. The number of aromatic nitrogens is 1. The van der Waals surface area contributed by atoms with E-state index in [-0.39, 0.29) is 12.7 Å². The lowest BCUT2D eigenvalue weighted by atomic mass is 10.0. The van der Waals surface area contributed by atoms with Gasteiger partial charge in [-0.3, -0.25) is 0 Å². The first kappa shape index (κ1) is 24.4. The second kappa shape index (κ2) is 17.4. The molecule has 1 aromatic heterocycles. The van der Waals surface area contributed by atoms with Crippen LogP contribution < -0.4 is 4.74 Å². The molecule has 0 spiro atoms. The van der Waals surface area contributed by atoms with E-state index in [1.807, 2.05) is 11.8 Å². The van der Waals surface area contributed by atoms with E-state index in [0.717, 1.165) is 5.75 Å². The Kier molecular flexibility index (Phi) is 15.7. The number of thioether (sulfide) groups is 1. The third-order valence-electron chi connectivity index (χ3n) is 5.01. The predicted molar refractivity (Wildman–Crippen MR) is 116 cm³/mol. The van der Waals surface area contributed by atoms with Crippen LogP contribution in [0, 0.1) is 0 Å². The molecule has 0 fully saturated rings. The molecule has 1 rings (SSSR count). The topological polar surface area (TPSA) is 55.5 Å². The maximum absolute atomic E-state index is 9.49. The van der Waals surface area contributed by atoms with Crippen LogP contribution in [0.25, 0.3) is 0 Å². The molecule has 0 aromatic carbocycles. The Morgan fingerprint density at radius 1 is 1.00 bits per heavy atom. The van der Waals surface area contributed by atoms with E-state index in [1.54, 1.807) is 6.07 Å². The van der Waals surface area contributed by atoms with Gasteiger partial charge in [-0.15, -0.1) is 0 Å². The van der Waals surface area contributed by atoms with Crippen molar-refractivity contribution in [2.75, 3.05) is 12.4 Å². The minimum Gasteiger partial charge on any atom is -0.469 e. The predicted octanol–water partition coefficient (Wildman–Crippen LogP) is 6.63. The van der Waals surface area contributed by atoms with Crippen molar-refractivity contribution in [3.63, 3.8) is 0 Å². The van der Waals surface area contributed by atoms with E-state index in [2.05, 4.69) is 19.0 Å². The van der Waals surface area contributed by atoms with Crippen molar-refractivity contribution in [3.05, 3.63) is 12.3 Å². The van der Waals surface area contributed by atoms with Crippen molar-refractivity contribution in [1.29, 1.82) is 0 Å². The molecule has 0 amide bonds. The molecular weight excluding hydrogens is 358 g/mol. The summed E-state index contributed by atoms with van der Waals surface area (Å²) in [6.45, 7) is 4.54. The van der Waals surface area contributed by atoms with Gasteiger partial charge in [0.2, 0.25) is 0 Å². The molecule has 0 saturated carbocycles. The molecule has 27 heavy (non-hydrogen) atoms. The van der Waals surface area contributed by atoms with E-state index >= 15 is 0 Å². The lowest BCUT2D eigenvalue weighted by molar-refractivity contribution is 0.124. The summed E-state index contributed by atoms with van der Waals surface area (Å²) in [4.78, 5) is 0. The molecule has 5 heteroatoms. The SMILES string of the molecule is CCCCCCCCCCCCCC(CC)SCC(CO)Oc1ccon1. The summed E-state index contributed by atoms with van der Waals surface area (Å²) in [5, 5.41) is 13.9. The zero-order valence-corrected chi connectivity index (χ0v) is 18.4. The molecule has 1 N–H and O–H groups in total. The third-order valence-corrected chi connectivity index (χ3v) is 6.61. The van der Waals surface area contributed by atoms with Gasteiger partial charge in [-0.2, -0.15) is 11.8 Å². The Morgan fingerprint density at radius 3 is 2.15 bits per heavy atom. The monoisotopic (exact) mass is 399 g/mol. The lowest BCUT2D eigenvalue weighted by Gasteiger charge is -2.19. The fraction of sp³-hybridized carbons (Fsp3) is 0.864. The molecule has 0 bridgehead atoms. The Hall–Kier alpha value is -0.680. The first-order valence-corrected chi connectivity index (χ1v) is 12.1. The number of unbranched alkanes of at least 4 members (excludes halogenated alkanes) is 10. The zero-order chi connectivity index (χ0) is 19.6. The number of aliphatic hydroxyl groups excluding tert-OH is 1. The Labute approximate surface area is 170 Å². The molecule has 2 unspecified atom stereocenters. The van der Waals surface area contributed by atoms with Gasteiger partial charge in [0, 0.05) is 17.1 Å². The van der Waals surface area contributed by atoms with Crippen molar-refractivity contribution in [2.24, 2.45) is 0 Å². The van der Waals surface area contributed by atoms with Crippen LogP contribution in [0.1, 0.15) is 97.3 Å². The van der Waals surface area contributed by atoms with E-state index in [4.69, 9.17) is 9.26 Å². The molecule has 0 aliphatic rings. The van der Waals surface area contributed by atoms with Gasteiger partial charge in [0.1, 0.15) is 12.4 Å². The van der Waals surface area contributed by atoms with Gasteiger partial charge in [-0.25, -0.2) is 0 Å². The molecule has 0 aliphatic heterocycles. The molecule has 0 radical (unpaired) electrons. The maximum atomic E-state index is 9.49. The first-order valence-electron chi connectivity index (χ1n) is 11.1. The summed E-state index contributed by atoms with van der Waals surface area (Å²) in [6.07, 6.45) is 19.0. The average Bonchev–Trinajstić information content (AvgIpc) is 3.20. The number of ether oxygens (including phenoxy) is 1. The molecule has 2 atom stereocenters. The average molecular weight is 400 g/mol. The van der Waals surface area contributed by atoms with Gasteiger partial charge >= 0.3 is 0 Å². The van der Waals surface area contributed by atoms with Gasteiger partial charge in [-0.05, 0) is 18.0 Å². The van der Waals surface area contributed by atoms with Gasteiger partial charge < -0.3 is 14.4 Å². The number of hydrogen-bond acceptors (Lipinski definition) is 5. The van der Waals surface area contributed by atoms with Crippen LogP contribution in [0.3, 0.4) is 0 Å². The van der Waals surface area contributed by atoms with Crippen LogP contribution in [0.5, 0.6) is 5.88 Å². The Balaban J connectivity index is 1.99. The van der Waals surface area contributed by atoms with Gasteiger partial charge in [0.25, 0.3) is 5.88 Å². The third kappa shape index (κ3) is 13.2. The van der Waals surface area contributed by atoms with Crippen LogP contribution in [0.2, 0.25) is 0 Å². The van der Waals surface area contributed by atoms with E-state index < -0.39 is 0 Å². The van der Waals surface area contributed by atoms with Crippen LogP contribution in [-0.4, -0.2) is 34.0 Å². The highest BCUT2D eigenvalue weighted by molar-refractivity contribution is 7.99. The van der Waals surface area contributed by atoms with E-state index in [0.29, 0.717) is 11.1 Å². The molecule has 1 heterocycles. The summed E-state index contributed by atoms with van der Waals surface area (Å²) in [5.74, 6) is 1.24. The molecule has 0 saturated heterocycles. The second-order valence-corrected chi connectivity index (χ2v) is 8.78. The number of aliphatic hydroxyl groups is 1. The number of nitrogens with zero attached hydrogens (tertiary/aromatic N) is 1. The number of rotatable bonds is 19. The zero-order valence-electron chi connectivity index (χ0n) is 17.5. The summed E-state index contributed by atoms with van der Waals surface area (Å²) in [6, 6.07) is 1.68. The molecule has 4 nitrogen and oxygen atoms in total. The van der Waals surface area contributed by atoms with Crippen molar-refractivity contribution in [2.45, 2.75) is 109 Å². The molecular formula is C22H41NO3S. The first-order chi connectivity index (χ1) is 13.3. The van der Waals surface area contributed by atoms with Gasteiger partial charge in [0.05, 0.1) is 6.61 Å². The quantitative estimate of drug-likeness (QED) is 0.265. The summed E-state index contributed by atoms with van der Waals surface area (Å²) >= 11 is 1.91. The van der Waals surface area contributed by atoms with Crippen LogP contribution in [0.15, 0.2) is 16.9 Å². The Bertz CT molecular complexity index is 414. The van der Waals surface area contributed by atoms with Gasteiger partial charge in [-0.1, -0.05) is 84.5 Å². The van der Waals surface area contributed by atoms with E-state index in [1.165, 1.54) is 89.7 Å². The van der Waals surface area contributed by atoms with Crippen molar-refractivity contribution in [1.82, 2.24) is 5.16 Å². The molecule has 1 aromatic rings. The fourth-order valence-corrected chi connectivity index (χ4v) is 4.47. The van der Waals surface area contributed by atoms with Crippen LogP contribution in [-0.2, 0) is 0 Å². The normalized spacial score (nSPS) is 13.6. The molecule has 0 aliphatic carbocycles. The van der Waals surface area contributed by atoms with Crippen LogP contribution in [0.4, 0.5) is 0 Å². The number of hydrogen-bond donors (Lipinski definition) is 1. The second-order valence-electron chi connectivity index (χ2n) is 7.45. The maximum Gasteiger partial charge on any atom is 0.254 e. The highest BCUT2D eigenvalue weighted by Gasteiger charge is 2.15. The van der Waals surface area contributed by atoms with Crippen LogP contribution >= 0.6 is 11.8 Å².